The van der Waals surface area contributed by atoms with Gasteiger partial charge in [0.15, 0.2) is 0 Å². The molecule has 0 unspecified atom stereocenters. The summed E-state index contributed by atoms with van der Waals surface area (Å²) in [5.74, 6) is -0.136. The lowest BCUT2D eigenvalue weighted by Crippen LogP contribution is -2.44. The predicted molar refractivity (Wildman–Crippen MR) is 101 cm³/mol. The number of hydrogen-bond donors (Lipinski definition) is 2. The summed E-state index contributed by atoms with van der Waals surface area (Å²) in [5.41, 5.74) is 2.34. The minimum atomic E-state index is -0.181. The molecule has 2 N–H and O–H groups in total. The zero-order chi connectivity index (χ0) is 18.5. The first kappa shape index (κ1) is 18.2. The van der Waals surface area contributed by atoms with E-state index < -0.39 is 0 Å². The van der Waals surface area contributed by atoms with Crippen LogP contribution in [-0.4, -0.2) is 36.5 Å². The minimum Gasteiger partial charge on any atom is -0.370 e. The van der Waals surface area contributed by atoms with E-state index in [1.165, 1.54) is 6.92 Å². The van der Waals surface area contributed by atoms with Gasteiger partial charge in [-0.25, -0.2) is 4.79 Å². The van der Waals surface area contributed by atoms with Crippen molar-refractivity contribution >= 4 is 34.9 Å². The molecule has 0 radical (unpaired) electrons. The van der Waals surface area contributed by atoms with Gasteiger partial charge in [-0.3, -0.25) is 4.79 Å². The van der Waals surface area contributed by atoms with Gasteiger partial charge in [0.05, 0.1) is 13.2 Å². The fourth-order valence-corrected chi connectivity index (χ4v) is 2.88. The molecule has 6 nitrogen and oxygen atoms in total. The summed E-state index contributed by atoms with van der Waals surface area (Å²) >= 11 is 5.92. The molecule has 2 aromatic carbocycles. The topological polar surface area (TPSA) is 70.7 Å². The predicted octanol–water partition coefficient (Wildman–Crippen LogP) is 3.90. The van der Waals surface area contributed by atoms with E-state index in [1.807, 2.05) is 24.3 Å². The van der Waals surface area contributed by atoms with E-state index in [1.54, 1.807) is 29.2 Å². The van der Waals surface area contributed by atoms with E-state index in [0.29, 0.717) is 36.1 Å². The first-order chi connectivity index (χ1) is 12.5. The molecule has 136 valence electrons. The molecule has 1 aliphatic heterocycles. The van der Waals surface area contributed by atoms with Crippen LogP contribution in [0, 0.1) is 0 Å². The number of nitrogens with one attached hydrogen (secondary N) is 2. The molecule has 0 spiro atoms. The Balaban J connectivity index is 1.60. The van der Waals surface area contributed by atoms with Gasteiger partial charge in [0.2, 0.25) is 5.91 Å². The fraction of sp³-hybridized carbons (Fsp3) is 0.263. The number of ether oxygens (including phenoxy) is 1. The molecule has 1 fully saturated rings. The molecule has 1 heterocycles. The van der Waals surface area contributed by atoms with Crippen LogP contribution in [0.2, 0.25) is 5.02 Å². The van der Waals surface area contributed by atoms with Crippen LogP contribution in [-0.2, 0) is 9.53 Å². The van der Waals surface area contributed by atoms with Crippen molar-refractivity contribution in [3.05, 3.63) is 59.1 Å². The van der Waals surface area contributed by atoms with Crippen molar-refractivity contribution in [1.82, 2.24) is 4.90 Å². The Hall–Kier alpha value is -2.57. The molecule has 1 saturated heterocycles. The van der Waals surface area contributed by atoms with Crippen molar-refractivity contribution in [2.45, 2.75) is 13.0 Å². The van der Waals surface area contributed by atoms with Gasteiger partial charge in [-0.2, -0.15) is 0 Å². The first-order valence-corrected chi connectivity index (χ1v) is 8.70. The van der Waals surface area contributed by atoms with Crippen LogP contribution in [0.15, 0.2) is 48.5 Å². The van der Waals surface area contributed by atoms with E-state index in [2.05, 4.69) is 10.6 Å². The summed E-state index contributed by atoms with van der Waals surface area (Å²) in [6, 6.07) is 14.3. The smallest absolute Gasteiger partial charge is 0.322 e. The van der Waals surface area contributed by atoms with Crippen molar-refractivity contribution in [2.24, 2.45) is 0 Å². The Morgan fingerprint density at radius 1 is 1.04 bits per heavy atom. The van der Waals surface area contributed by atoms with Crippen LogP contribution in [0.4, 0.5) is 16.2 Å². The first-order valence-electron chi connectivity index (χ1n) is 8.32. The largest absolute Gasteiger partial charge is 0.370 e. The van der Waals surface area contributed by atoms with Crippen LogP contribution < -0.4 is 10.6 Å². The number of hydrogen-bond acceptors (Lipinski definition) is 3. The van der Waals surface area contributed by atoms with Gasteiger partial charge in [0, 0.05) is 29.9 Å². The Kier molecular flexibility index (Phi) is 5.75. The van der Waals surface area contributed by atoms with Gasteiger partial charge in [0.1, 0.15) is 6.10 Å². The van der Waals surface area contributed by atoms with Gasteiger partial charge < -0.3 is 20.3 Å². The number of urea groups is 1. The van der Waals surface area contributed by atoms with Crippen LogP contribution in [0.1, 0.15) is 18.6 Å². The van der Waals surface area contributed by atoms with Gasteiger partial charge in [-0.1, -0.05) is 23.7 Å². The highest BCUT2D eigenvalue weighted by Crippen LogP contribution is 2.24. The maximum Gasteiger partial charge on any atom is 0.322 e. The molecular weight excluding hydrogens is 354 g/mol. The molecular formula is C19H20ClN3O3. The number of halogens is 1. The summed E-state index contributed by atoms with van der Waals surface area (Å²) < 4.78 is 5.78. The van der Waals surface area contributed by atoms with Crippen LogP contribution >= 0.6 is 11.6 Å². The molecule has 0 aromatic heterocycles. The summed E-state index contributed by atoms with van der Waals surface area (Å²) in [5, 5.41) is 6.23. The van der Waals surface area contributed by atoms with Gasteiger partial charge >= 0.3 is 6.03 Å². The number of carbonyl (C=O) groups excluding carboxylic acids is 2. The summed E-state index contributed by atoms with van der Waals surface area (Å²) in [6.07, 6.45) is -0.172. The van der Waals surface area contributed by atoms with Crippen molar-refractivity contribution < 1.29 is 14.3 Å². The lowest BCUT2D eigenvalue weighted by Gasteiger charge is -2.33. The molecule has 3 rings (SSSR count). The zero-order valence-corrected chi connectivity index (χ0v) is 15.1. The highest BCUT2D eigenvalue weighted by Gasteiger charge is 2.25. The molecule has 0 bridgehead atoms. The van der Waals surface area contributed by atoms with Crippen LogP contribution in [0.25, 0.3) is 0 Å². The van der Waals surface area contributed by atoms with Gasteiger partial charge in [-0.05, 0) is 42.0 Å². The SMILES string of the molecule is CC(=O)Nc1ccc(NC(=O)N2CCO[C@@H](c3ccc(Cl)cc3)C2)cc1. The number of rotatable bonds is 3. The van der Waals surface area contributed by atoms with E-state index in [-0.39, 0.29) is 18.0 Å². The fourth-order valence-electron chi connectivity index (χ4n) is 2.76. The van der Waals surface area contributed by atoms with Crippen LogP contribution in [0.3, 0.4) is 0 Å². The maximum absolute atomic E-state index is 12.5. The zero-order valence-electron chi connectivity index (χ0n) is 14.4. The standard InChI is InChI=1S/C19H20ClN3O3/c1-13(24)21-16-6-8-17(9-7-16)22-19(25)23-10-11-26-18(12-23)14-2-4-15(20)5-3-14/h2-9,18H,10-12H2,1H3,(H,21,24)(H,22,25)/t18-/m1/s1. The second-order valence-corrected chi connectivity index (χ2v) is 6.48. The molecule has 0 aliphatic carbocycles. The molecule has 0 saturated carbocycles. The molecule has 1 aliphatic rings. The third-order valence-corrected chi connectivity index (χ3v) is 4.30. The third kappa shape index (κ3) is 4.74. The second-order valence-electron chi connectivity index (χ2n) is 6.05. The van der Waals surface area contributed by atoms with Crippen LogP contribution in [0.5, 0.6) is 0 Å². The summed E-state index contributed by atoms with van der Waals surface area (Å²) in [7, 11) is 0. The number of carbonyl (C=O) groups is 2. The van der Waals surface area contributed by atoms with Crippen molar-refractivity contribution in [2.75, 3.05) is 30.3 Å². The Labute approximate surface area is 157 Å². The van der Waals surface area contributed by atoms with Crippen molar-refractivity contribution in [1.29, 1.82) is 0 Å². The minimum absolute atomic E-state index is 0.136. The lowest BCUT2D eigenvalue weighted by atomic mass is 10.1. The molecule has 3 amide bonds. The third-order valence-electron chi connectivity index (χ3n) is 4.05. The van der Waals surface area contributed by atoms with E-state index >= 15 is 0 Å². The summed E-state index contributed by atoms with van der Waals surface area (Å²) in [6.45, 7) is 2.92. The van der Waals surface area contributed by atoms with Crippen molar-refractivity contribution in [3.8, 4) is 0 Å². The molecule has 1 atom stereocenters. The monoisotopic (exact) mass is 373 g/mol. The number of amides is 3. The Morgan fingerprint density at radius 3 is 2.27 bits per heavy atom. The maximum atomic E-state index is 12.5. The van der Waals surface area contributed by atoms with E-state index in [4.69, 9.17) is 16.3 Å². The average molecular weight is 374 g/mol. The molecule has 7 heteroatoms. The number of nitrogens with zero attached hydrogens (tertiary/aromatic N) is 1. The Bertz CT molecular complexity index is 778. The molecule has 26 heavy (non-hydrogen) atoms. The second kappa shape index (κ2) is 8.21. The van der Waals surface area contributed by atoms with Crippen molar-refractivity contribution in [3.63, 3.8) is 0 Å². The quantitative estimate of drug-likeness (QED) is 0.857. The van der Waals surface area contributed by atoms with E-state index in [0.717, 1.165) is 5.56 Å². The normalized spacial score (nSPS) is 16.8. The average Bonchev–Trinajstić information content (AvgIpc) is 2.63. The lowest BCUT2D eigenvalue weighted by molar-refractivity contribution is -0.114. The number of morpholine rings is 1. The number of anilines is 2. The van der Waals surface area contributed by atoms with Gasteiger partial charge in [-0.15, -0.1) is 0 Å². The number of benzene rings is 2. The highest BCUT2D eigenvalue weighted by molar-refractivity contribution is 6.30. The van der Waals surface area contributed by atoms with Gasteiger partial charge in [0.25, 0.3) is 0 Å². The van der Waals surface area contributed by atoms with E-state index in [9.17, 15) is 9.59 Å². The Morgan fingerprint density at radius 2 is 1.65 bits per heavy atom. The molecule has 2 aromatic rings. The summed E-state index contributed by atoms with van der Waals surface area (Å²) in [4.78, 5) is 25.3. The highest BCUT2D eigenvalue weighted by atomic mass is 35.5.